The fraction of sp³-hybridized carbons (Fsp3) is 0.176. The average molecular weight is 365 g/mol. The molecule has 130 valence electrons. The molecule has 0 radical (unpaired) electrons. The number of amides is 1. The molecule has 0 N–H and O–H groups in total. The van der Waals surface area contributed by atoms with Crippen molar-refractivity contribution in [2.24, 2.45) is 0 Å². The third kappa shape index (κ3) is 3.04. The number of benzene rings is 1. The molecule has 0 aliphatic carbocycles. The molecule has 0 atom stereocenters. The van der Waals surface area contributed by atoms with Crippen molar-refractivity contribution >= 4 is 33.4 Å². The number of pyridine rings is 1. The van der Waals surface area contributed by atoms with Crippen LogP contribution in [0.25, 0.3) is 11.0 Å². The van der Waals surface area contributed by atoms with Gasteiger partial charge in [-0.2, -0.15) is 0 Å². The summed E-state index contributed by atoms with van der Waals surface area (Å²) in [4.78, 5) is 18.3. The zero-order valence-electron chi connectivity index (χ0n) is 14.0. The Bertz CT molecular complexity index is 1040. The van der Waals surface area contributed by atoms with Gasteiger partial charge >= 0.3 is 0 Å². The minimum atomic E-state index is -0.144. The van der Waals surface area contributed by atoms with Crippen molar-refractivity contribution in [3.05, 3.63) is 59.4 Å². The van der Waals surface area contributed by atoms with Crippen LogP contribution in [-0.2, 0) is 6.54 Å². The highest BCUT2D eigenvalue weighted by atomic mass is 32.1. The van der Waals surface area contributed by atoms with E-state index in [1.54, 1.807) is 34.1 Å². The van der Waals surface area contributed by atoms with Gasteiger partial charge in [0.05, 0.1) is 17.6 Å². The van der Waals surface area contributed by atoms with E-state index in [-0.39, 0.29) is 5.91 Å². The lowest BCUT2D eigenvalue weighted by Gasteiger charge is -2.16. The molecular weight excluding hydrogens is 350 g/mol. The number of hydrogen-bond acceptors (Lipinski definition) is 7. The van der Waals surface area contributed by atoms with Crippen LogP contribution in [0.15, 0.2) is 48.8 Å². The number of carbonyl (C=O) groups excluding carboxylic acids is 1. The minimum Gasteiger partial charge on any atom is -0.283 e. The molecule has 3 aromatic heterocycles. The van der Waals surface area contributed by atoms with E-state index in [2.05, 4.69) is 25.5 Å². The van der Waals surface area contributed by atoms with Crippen LogP contribution in [0.1, 0.15) is 22.3 Å². The standard InChI is InChI=1S/C17H15N7OS/c1-2-23(16(25)12-6-5-9-18-10-12)17-21-20-15(26-17)11-24-14-8-4-3-7-13(14)19-22-24/h3-10H,2,11H2,1H3. The van der Waals surface area contributed by atoms with Crippen LogP contribution >= 0.6 is 11.3 Å². The Morgan fingerprint density at radius 1 is 1.15 bits per heavy atom. The van der Waals surface area contributed by atoms with E-state index in [1.165, 1.54) is 11.3 Å². The lowest BCUT2D eigenvalue weighted by molar-refractivity contribution is 0.0988. The van der Waals surface area contributed by atoms with E-state index in [9.17, 15) is 4.79 Å². The molecule has 0 aliphatic rings. The van der Waals surface area contributed by atoms with Crippen LogP contribution in [0.4, 0.5) is 5.13 Å². The van der Waals surface area contributed by atoms with Crippen molar-refractivity contribution in [1.82, 2.24) is 30.2 Å². The number of hydrogen-bond donors (Lipinski definition) is 0. The van der Waals surface area contributed by atoms with Crippen molar-refractivity contribution in [1.29, 1.82) is 0 Å². The Balaban J connectivity index is 1.57. The summed E-state index contributed by atoms with van der Waals surface area (Å²) < 4.78 is 1.78. The predicted octanol–water partition coefficient (Wildman–Crippen LogP) is 2.39. The summed E-state index contributed by atoms with van der Waals surface area (Å²) in [6.45, 7) is 2.85. The molecule has 4 rings (SSSR count). The summed E-state index contributed by atoms with van der Waals surface area (Å²) in [6, 6.07) is 11.2. The third-order valence-electron chi connectivity index (χ3n) is 3.86. The fourth-order valence-corrected chi connectivity index (χ4v) is 3.47. The normalized spacial score (nSPS) is 11.0. The molecule has 0 fully saturated rings. The zero-order chi connectivity index (χ0) is 17.9. The van der Waals surface area contributed by atoms with Crippen molar-refractivity contribution in [2.45, 2.75) is 13.5 Å². The maximum Gasteiger partial charge on any atom is 0.261 e. The van der Waals surface area contributed by atoms with Gasteiger partial charge in [-0.25, -0.2) is 4.68 Å². The number of anilines is 1. The van der Waals surface area contributed by atoms with Crippen LogP contribution in [0.3, 0.4) is 0 Å². The Hall–Kier alpha value is -3.20. The second-order valence-corrected chi connectivity index (χ2v) is 6.55. The molecule has 1 amide bonds. The van der Waals surface area contributed by atoms with Gasteiger partial charge < -0.3 is 0 Å². The van der Waals surface area contributed by atoms with Crippen LogP contribution in [0, 0.1) is 0 Å². The maximum absolute atomic E-state index is 12.7. The molecule has 8 nitrogen and oxygen atoms in total. The molecule has 0 spiro atoms. The van der Waals surface area contributed by atoms with E-state index >= 15 is 0 Å². The summed E-state index contributed by atoms with van der Waals surface area (Å²) in [6.07, 6.45) is 3.19. The summed E-state index contributed by atoms with van der Waals surface area (Å²) in [5.41, 5.74) is 2.29. The first-order valence-corrected chi connectivity index (χ1v) is 8.90. The molecule has 4 aromatic rings. The monoisotopic (exact) mass is 365 g/mol. The van der Waals surface area contributed by atoms with Gasteiger partial charge in [0.1, 0.15) is 10.5 Å². The molecule has 0 bridgehead atoms. The van der Waals surface area contributed by atoms with Gasteiger partial charge in [-0.1, -0.05) is 28.7 Å². The molecule has 3 heterocycles. The van der Waals surface area contributed by atoms with Crippen molar-refractivity contribution in [3.8, 4) is 0 Å². The van der Waals surface area contributed by atoms with Crippen LogP contribution in [0.5, 0.6) is 0 Å². The molecule has 0 unspecified atom stereocenters. The zero-order valence-corrected chi connectivity index (χ0v) is 14.8. The molecule has 9 heteroatoms. The minimum absolute atomic E-state index is 0.144. The second kappa shape index (κ2) is 6.96. The fourth-order valence-electron chi connectivity index (χ4n) is 2.59. The average Bonchev–Trinajstić information content (AvgIpc) is 3.31. The molecule has 0 aliphatic heterocycles. The van der Waals surface area contributed by atoms with Gasteiger partial charge in [0, 0.05) is 18.9 Å². The summed E-state index contributed by atoms with van der Waals surface area (Å²) in [5, 5.41) is 18.0. The largest absolute Gasteiger partial charge is 0.283 e. The number of rotatable bonds is 5. The van der Waals surface area contributed by atoms with E-state index in [1.807, 2.05) is 31.2 Å². The van der Waals surface area contributed by atoms with E-state index in [0.29, 0.717) is 23.8 Å². The number of nitrogens with zero attached hydrogens (tertiary/aromatic N) is 7. The Morgan fingerprint density at radius 2 is 2.04 bits per heavy atom. The molecular formula is C17H15N7OS. The number of aromatic nitrogens is 6. The van der Waals surface area contributed by atoms with Gasteiger partial charge in [-0.3, -0.25) is 14.7 Å². The Labute approximate surface area is 153 Å². The molecule has 0 saturated heterocycles. The van der Waals surface area contributed by atoms with Crippen molar-refractivity contribution < 1.29 is 4.79 Å². The Morgan fingerprint density at radius 3 is 2.85 bits per heavy atom. The maximum atomic E-state index is 12.7. The summed E-state index contributed by atoms with van der Waals surface area (Å²) in [5.74, 6) is -0.144. The third-order valence-corrected chi connectivity index (χ3v) is 4.79. The molecule has 0 saturated carbocycles. The van der Waals surface area contributed by atoms with Gasteiger partial charge in [-0.05, 0) is 31.2 Å². The van der Waals surface area contributed by atoms with E-state index in [0.717, 1.165) is 16.0 Å². The SMILES string of the molecule is CCN(C(=O)c1cccnc1)c1nnc(Cn2nnc3ccccc32)s1. The van der Waals surface area contributed by atoms with Crippen molar-refractivity contribution in [3.63, 3.8) is 0 Å². The second-order valence-electron chi connectivity index (χ2n) is 5.51. The topological polar surface area (TPSA) is 89.7 Å². The van der Waals surface area contributed by atoms with Crippen molar-refractivity contribution in [2.75, 3.05) is 11.4 Å². The highest BCUT2D eigenvalue weighted by Crippen LogP contribution is 2.23. The van der Waals surface area contributed by atoms with Crippen LogP contribution in [0.2, 0.25) is 0 Å². The smallest absolute Gasteiger partial charge is 0.261 e. The Kier molecular flexibility index (Phi) is 4.36. The van der Waals surface area contributed by atoms with E-state index in [4.69, 9.17) is 0 Å². The van der Waals surface area contributed by atoms with Crippen LogP contribution < -0.4 is 4.90 Å². The number of fused-ring (bicyclic) bond motifs is 1. The first-order chi connectivity index (χ1) is 12.8. The number of carbonyl (C=O) groups is 1. The van der Waals surface area contributed by atoms with Gasteiger partial charge in [-0.15, -0.1) is 15.3 Å². The van der Waals surface area contributed by atoms with Gasteiger partial charge in [0.15, 0.2) is 0 Å². The highest BCUT2D eigenvalue weighted by molar-refractivity contribution is 7.15. The molecule has 1 aromatic carbocycles. The van der Waals surface area contributed by atoms with Crippen LogP contribution in [-0.4, -0.2) is 42.6 Å². The summed E-state index contributed by atoms with van der Waals surface area (Å²) >= 11 is 1.37. The first kappa shape index (κ1) is 16.3. The molecule has 26 heavy (non-hydrogen) atoms. The summed E-state index contributed by atoms with van der Waals surface area (Å²) in [7, 11) is 0. The number of para-hydroxylation sites is 1. The van der Waals surface area contributed by atoms with E-state index < -0.39 is 0 Å². The quantitative estimate of drug-likeness (QED) is 0.539. The first-order valence-electron chi connectivity index (χ1n) is 8.08. The van der Waals surface area contributed by atoms with Gasteiger partial charge in [0.2, 0.25) is 5.13 Å². The lowest BCUT2D eigenvalue weighted by Crippen LogP contribution is -2.30. The highest BCUT2D eigenvalue weighted by Gasteiger charge is 2.20. The lowest BCUT2D eigenvalue weighted by atomic mass is 10.2. The van der Waals surface area contributed by atoms with Gasteiger partial charge in [0.25, 0.3) is 5.91 Å². The predicted molar refractivity (Wildman–Crippen MR) is 98.1 cm³/mol.